The number of hydrogen-bond donors (Lipinski definition) is 1. The van der Waals surface area contributed by atoms with Crippen molar-refractivity contribution in [3.63, 3.8) is 0 Å². The molecule has 0 amide bonds. The molecule has 0 saturated carbocycles. The molecule has 1 N–H and O–H groups in total. The van der Waals surface area contributed by atoms with Crippen molar-refractivity contribution in [2.24, 2.45) is 5.92 Å². The monoisotopic (exact) mass is 477 g/mol. The minimum atomic E-state index is -7.85. The molecule has 0 fully saturated rings. The highest BCUT2D eigenvalue weighted by molar-refractivity contribution is 7.90. The summed E-state index contributed by atoms with van der Waals surface area (Å²) in [5.74, 6) is -25.0. The number of carbonyl (C=O) groups is 1. The van der Waals surface area contributed by atoms with Gasteiger partial charge in [-0.2, -0.15) is 48.3 Å². The van der Waals surface area contributed by atoms with Gasteiger partial charge in [-0.1, -0.05) is 13.8 Å². The van der Waals surface area contributed by atoms with Crippen LogP contribution in [-0.2, 0) is 19.6 Å². The standard InChI is InChI=1S/C12H14F11NO4S/c1-3-6(2)7(25)28-5-4-24-29(26,27)12(22,23)10(17,18)8(13,14)9(15,16)11(19,20)21/h6,24H,3-5H2,1-2H3. The predicted molar refractivity (Wildman–Crippen MR) is 73.2 cm³/mol. The molecule has 1 unspecified atom stereocenters. The number of nitrogens with one attached hydrogen (secondary N) is 1. The van der Waals surface area contributed by atoms with E-state index in [1.807, 2.05) is 0 Å². The molecule has 1 atom stereocenters. The Labute approximate surface area is 156 Å². The van der Waals surface area contributed by atoms with E-state index in [4.69, 9.17) is 0 Å². The highest BCUT2D eigenvalue weighted by Gasteiger charge is 2.89. The van der Waals surface area contributed by atoms with E-state index in [2.05, 4.69) is 4.74 Å². The van der Waals surface area contributed by atoms with E-state index in [1.165, 1.54) is 13.8 Å². The molecule has 5 nitrogen and oxygen atoms in total. The lowest BCUT2D eigenvalue weighted by Crippen LogP contribution is -2.69. The van der Waals surface area contributed by atoms with E-state index in [0.717, 1.165) is 0 Å². The van der Waals surface area contributed by atoms with E-state index >= 15 is 0 Å². The number of rotatable bonds is 10. The maximum absolute atomic E-state index is 13.5. The fourth-order valence-electron chi connectivity index (χ4n) is 1.45. The van der Waals surface area contributed by atoms with Crippen molar-refractivity contribution in [2.75, 3.05) is 13.2 Å². The zero-order chi connectivity index (χ0) is 23.7. The van der Waals surface area contributed by atoms with Crippen LogP contribution in [0.2, 0.25) is 0 Å². The Hall–Kier alpha value is -1.39. The number of carbonyl (C=O) groups excluding carboxylic acids is 1. The van der Waals surface area contributed by atoms with Crippen molar-refractivity contribution in [1.29, 1.82) is 0 Å². The molecule has 0 aliphatic heterocycles. The summed E-state index contributed by atoms with van der Waals surface area (Å²) in [6, 6.07) is 0. The number of hydrogen-bond acceptors (Lipinski definition) is 4. The van der Waals surface area contributed by atoms with Crippen LogP contribution in [0, 0.1) is 5.92 Å². The van der Waals surface area contributed by atoms with E-state index < -0.39 is 64.3 Å². The van der Waals surface area contributed by atoms with Crippen molar-refractivity contribution in [3.8, 4) is 0 Å². The van der Waals surface area contributed by atoms with Gasteiger partial charge in [0.25, 0.3) is 10.0 Å². The number of alkyl halides is 11. The molecular formula is C12H14F11NO4S. The predicted octanol–water partition coefficient (Wildman–Crippen LogP) is 3.56. The van der Waals surface area contributed by atoms with Crippen LogP contribution in [0.3, 0.4) is 0 Å². The Bertz CT molecular complexity index is 690. The lowest BCUT2D eigenvalue weighted by atomic mass is 10.0. The Morgan fingerprint density at radius 3 is 1.72 bits per heavy atom. The molecule has 0 radical (unpaired) electrons. The third-order valence-corrected chi connectivity index (χ3v) is 5.02. The van der Waals surface area contributed by atoms with E-state index in [1.54, 1.807) is 0 Å². The molecule has 0 spiro atoms. The number of sulfonamides is 1. The first-order valence-corrected chi connectivity index (χ1v) is 8.84. The lowest BCUT2D eigenvalue weighted by Gasteiger charge is -2.36. The van der Waals surface area contributed by atoms with Gasteiger partial charge in [-0.3, -0.25) is 4.79 Å². The Morgan fingerprint density at radius 2 is 1.34 bits per heavy atom. The van der Waals surface area contributed by atoms with Crippen LogP contribution >= 0.6 is 0 Å². The van der Waals surface area contributed by atoms with Crippen LogP contribution in [0.4, 0.5) is 48.3 Å². The minimum absolute atomic E-state index is 0.233. The number of halogens is 11. The second-order valence-corrected chi connectivity index (χ2v) is 7.42. The normalized spacial score (nSPS) is 15.9. The smallest absolute Gasteiger partial charge is 0.460 e. The van der Waals surface area contributed by atoms with Gasteiger partial charge in [-0.15, -0.1) is 0 Å². The third kappa shape index (κ3) is 4.86. The van der Waals surface area contributed by atoms with Crippen molar-refractivity contribution in [1.82, 2.24) is 4.72 Å². The fraction of sp³-hybridized carbons (Fsp3) is 0.917. The molecule has 0 aromatic carbocycles. The molecule has 0 heterocycles. The summed E-state index contributed by atoms with van der Waals surface area (Å²) >= 11 is 0. The largest absolute Gasteiger partial charge is 0.464 e. The zero-order valence-electron chi connectivity index (χ0n) is 14.4. The molecule has 17 heteroatoms. The van der Waals surface area contributed by atoms with Crippen LogP contribution in [0.15, 0.2) is 0 Å². The van der Waals surface area contributed by atoms with E-state index in [9.17, 15) is 61.5 Å². The van der Waals surface area contributed by atoms with Gasteiger partial charge in [-0.25, -0.2) is 13.1 Å². The van der Waals surface area contributed by atoms with Gasteiger partial charge < -0.3 is 4.74 Å². The van der Waals surface area contributed by atoms with Gasteiger partial charge >= 0.3 is 35.2 Å². The molecule has 29 heavy (non-hydrogen) atoms. The number of ether oxygens (including phenoxy) is 1. The van der Waals surface area contributed by atoms with E-state index in [-0.39, 0.29) is 6.42 Å². The summed E-state index contributed by atoms with van der Waals surface area (Å²) in [5.41, 5.74) is 0. The molecule has 0 rings (SSSR count). The van der Waals surface area contributed by atoms with Crippen molar-refractivity contribution < 1.29 is 66.2 Å². The first-order chi connectivity index (χ1) is 12.6. The van der Waals surface area contributed by atoms with Gasteiger partial charge in [0.15, 0.2) is 0 Å². The van der Waals surface area contributed by atoms with Crippen LogP contribution in [0.25, 0.3) is 0 Å². The average molecular weight is 477 g/mol. The third-order valence-electron chi connectivity index (χ3n) is 3.50. The highest BCUT2D eigenvalue weighted by Crippen LogP contribution is 2.58. The number of esters is 1. The summed E-state index contributed by atoms with van der Waals surface area (Å²) in [6.07, 6.45) is -7.17. The maximum atomic E-state index is 13.5. The fourth-order valence-corrected chi connectivity index (χ4v) is 2.45. The summed E-state index contributed by atoms with van der Waals surface area (Å²) in [7, 11) is -6.94. The Morgan fingerprint density at radius 1 is 0.897 bits per heavy atom. The van der Waals surface area contributed by atoms with Gasteiger partial charge in [0.1, 0.15) is 6.61 Å². The zero-order valence-corrected chi connectivity index (χ0v) is 15.2. The minimum Gasteiger partial charge on any atom is -0.464 e. The molecule has 0 aromatic heterocycles. The van der Waals surface area contributed by atoms with E-state index in [0.29, 0.717) is 4.72 Å². The van der Waals surface area contributed by atoms with Crippen LogP contribution < -0.4 is 4.72 Å². The van der Waals surface area contributed by atoms with Crippen LogP contribution in [-0.4, -0.2) is 56.7 Å². The molecule has 0 saturated heterocycles. The van der Waals surface area contributed by atoms with Crippen molar-refractivity contribution in [2.45, 2.75) is 49.5 Å². The molecule has 0 aliphatic carbocycles. The molecular weight excluding hydrogens is 463 g/mol. The van der Waals surface area contributed by atoms with Gasteiger partial charge in [-0.05, 0) is 6.42 Å². The SMILES string of the molecule is CCC(C)C(=O)OCCNS(=O)(=O)C(F)(F)C(F)(F)C(F)(F)C(F)(F)C(F)(F)F. The molecule has 0 aromatic rings. The van der Waals surface area contributed by atoms with Crippen LogP contribution in [0.5, 0.6) is 0 Å². The summed E-state index contributed by atoms with van der Waals surface area (Å²) in [5, 5.41) is -7.11. The molecule has 174 valence electrons. The van der Waals surface area contributed by atoms with Crippen molar-refractivity contribution >= 4 is 16.0 Å². The Kier molecular flexibility index (Phi) is 7.99. The van der Waals surface area contributed by atoms with Crippen LogP contribution in [0.1, 0.15) is 20.3 Å². The summed E-state index contributed by atoms with van der Waals surface area (Å²) in [4.78, 5) is 11.2. The molecule has 0 aliphatic rings. The quantitative estimate of drug-likeness (QED) is 0.297. The summed E-state index contributed by atoms with van der Waals surface area (Å²) < 4.78 is 168. The van der Waals surface area contributed by atoms with Gasteiger partial charge in [0, 0.05) is 6.54 Å². The maximum Gasteiger partial charge on any atom is 0.460 e. The average Bonchev–Trinajstić information content (AvgIpc) is 2.55. The topological polar surface area (TPSA) is 72.5 Å². The second kappa shape index (κ2) is 8.39. The van der Waals surface area contributed by atoms with Gasteiger partial charge in [0.2, 0.25) is 0 Å². The first kappa shape index (κ1) is 27.6. The van der Waals surface area contributed by atoms with Crippen molar-refractivity contribution in [3.05, 3.63) is 0 Å². The summed E-state index contributed by atoms with van der Waals surface area (Å²) in [6.45, 7) is 0.412. The second-order valence-electron chi connectivity index (χ2n) is 5.61. The first-order valence-electron chi connectivity index (χ1n) is 7.35. The lowest BCUT2D eigenvalue weighted by molar-refractivity contribution is -0.413. The molecule has 0 bridgehead atoms. The Balaban J connectivity index is 5.59. The van der Waals surface area contributed by atoms with Gasteiger partial charge in [0.05, 0.1) is 5.92 Å². The highest BCUT2D eigenvalue weighted by atomic mass is 32.2.